The van der Waals surface area contributed by atoms with Crippen molar-refractivity contribution in [1.29, 1.82) is 0 Å². The topological polar surface area (TPSA) is 191 Å². The van der Waals surface area contributed by atoms with Gasteiger partial charge in [-0.15, -0.1) is 0 Å². The van der Waals surface area contributed by atoms with Crippen molar-refractivity contribution in [3.05, 3.63) is 0 Å². The fraction of sp³-hybridized carbons (Fsp3) is 0.750. The normalized spacial score (nSPS) is 11.8. The maximum atomic E-state index is 11.4. The van der Waals surface area contributed by atoms with Crippen molar-refractivity contribution in [1.82, 2.24) is 0 Å². The summed E-state index contributed by atoms with van der Waals surface area (Å²) in [4.78, 5) is 102. The molecule has 0 saturated heterocycles. The number of ether oxygens (including phenoxy) is 3. The molecular formula is C36H61O13Zr. The molecule has 0 aromatic carbocycles. The van der Waals surface area contributed by atoms with Crippen LogP contribution < -0.4 is 0 Å². The molecule has 50 heavy (non-hydrogen) atoms. The van der Waals surface area contributed by atoms with Crippen molar-refractivity contribution in [3.63, 3.8) is 0 Å². The minimum atomic E-state index is -1.08. The second kappa shape index (κ2) is 21.0. The SMILES string of the molecule is CC(C)(C)C(=O)OC(=O)C(=O)C(C)(C)C.CC(C)(C)C(=O)OC(=O)C(=O)C(C)(C)C.CC(C)(C)C(=O)OC(=O)C(=O)C(C)(C)C.CC(C)[O][Zr]. The second-order valence-corrected chi connectivity index (χ2v) is 18.3. The molecule has 13 nitrogen and oxygen atoms in total. The fourth-order valence-electron chi connectivity index (χ4n) is 1.77. The molecule has 0 unspecified atom stereocenters. The zero-order valence-electron chi connectivity index (χ0n) is 33.9. The van der Waals surface area contributed by atoms with Crippen LogP contribution in [0.4, 0.5) is 0 Å². The van der Waals surface area contributed by atoms with Crippen LogP contribution in [0.25, 0.3) is 0 Å². The van der Waals surface area contributed by atoms with Crippen LogP contribution >= 0.6 is 0 Å². The third-order valence-electron chi connectivity index (χ3n) is 5.23. The van der Waals surface area contributed by atoms with E-state index in [9.17, 15) is 43.2 Å². The Balaban J connectivity index is -0.000000296. The second-order valence-electron chi connectivity index (χ2n) is 17.7. The van der Waals surface area contributed by atoms with Crippen molar-refractivity contribution in [2.75, 3.05) is 0 Å². The molecule has 0 spiro atoms. The molecule has 0 aliphatic heterocycles. The first-order valence-corrected chi connectivity index (χ1v) is 16.9. The molecule has 0 radical (unpaired) electrons. The van der Waals surface area contributed by atoms with Crippen molar-refractivity contribution < 1.29 is 85.3 Å². The summed E-state index contributed by atoms with van der Waals surface area (Å²) in [5, 5.41) is 0. The van der Waals surface area contributed by atoms with Gasteiger partial charge in [0, 0.05) is 16.2 Å². The number of hydrogen-bond donors (Lipinski definition) is 0. The Bertz CT molecular complexity index is 1090. The van der Waals surface area contributed by atoms with Crippen LogP contribution in [-0.2, 0) is 85.3 Å². The third kappa shape index (κ3) is 25.3. The first kappa shape index (κ1) is 54.1. The number of ketones is 3. The van der Waals surface area contributed by atoms with E-state index in [1.54, 1.807) is 125 Å². The Morgan fingerprint density at radius 2 is 0.500 bits per heavy atom. The summed E-state index contributed by atoms with van der Waals surface area (Å²) < 4.78 is 18.3. The van der Waals surface area contributed by atoms with Crippen molar-refractivity contribution in [3.8, 4) is 0 Å². The van der Waals surface area contributed by atoms with E-state index in [2.05, 4.69) is 14.2 Å². The Morgan fingerprint density at radius 1 is 0.360 bits per heavy atom. The fourth-order valence-corrected chi connectivity index (χ4v) is 1.77. The van der Waals surface area contributed by atoms with Gasteiger partial charge in [0.05, 0.1) is 16.2 Å². The van der Waals surface area contributed by atoms with Crippen molar-refractivity contribution in [2.24, 2.45) is 32.5 Å². The van der Waals surface area contributed by atoms with E-state index in [1.807, 2.05) is 13.8 Å². The van der Waals surface area contributed by atoms with Crippen LogP contribution in [-0.4, -0.2) is 59.3 Å². The van der Waals surface area contributed by atoms with Crippen LogP contribution in [0.2, 0.25) is 0 Å². The minimum absolute atomic E-state index is 0.424. The summed E-state index contributed by atoms with van der Waals surface area (Å²) in [7, 11) is 0. The van der Waals surface area contributed by atoms with E-state index in [0.29, 0.717) is 6.10 Å². The zero-order chi connectivity index (χ0) is 41.6. The summed E-state index contributed by atoms with van der Waals surface area (Å²) in [6, 6.07) is 0. The van der Waals surface area contributed by atoms with Crippen LogP contribution in [0, 0.1) is 32.5 Å². The molecule has 0 fully saturated rings. The molecule has 0 amide bonds. The third-order valence-corrected chi connectivity index (χ3v) is 6.39. The summed E-state index contributed by atoms with van der Waals surface area (Å²) in [6.45, 7) is 32.9. The molecule has 0 heterocycles. The number of rotatable bonds is 4. The molecular weight excluding hydrogens is 732 g/mol. The van der Waals surface area contributed by atoms with Gasteiger partial charge in [-0.3, -0.25) is 28.8 Å². The van der Waals surface area contributed by atoms with Gasteiger partial charge in [0.1, 0.15) is 0 Å². The van der Waals surface area contributed by atoms with Crippen LogP contribution in [0.15, 0.2) is 0 Å². The molecule has 0 aromatic rings. The van der Waals surface area contributed by atoms with Gasteiger partial charge < -0.3 is 14.2 Å². The van der Waals surface area contributed by atoms with Gasteiger partial charge in [0.2, 0.25) is 17.3 Å². The molecule has 0 aliphatic rings. The van der Waals surface area contributed by atoms with E-state index in [1.165, 1.54) is 0 Å². The first-order valence-electron chi connectivity index (χ1n) is 15.9. The van der Waals surface area contributed by atoms with E-state index in [-0.39, 0.29) is 0 Å². The molecule has 0 aromatic heterocycles. The molecule has 0 rings (SSSR count). The van der Waals surface area contributed by atoms with E-state index >= 15 is 0 Å². The van der Waals surface area contributed by atoms with Gasteiger partial charge in [-0.1, -0.05) is 62.3 Å². The van der Waals surface area contributed by atoms with Gasteiger partial charge in [-0.25, -0.2) is 14.4 Å². The van der Waals surface area contributed by atoms with Crippen LogP contribution in [0.1, 0.15) is 138 Å². The quantitative estimate of drug-likeness (QED) is 0.139. The molecule has 0 saturated carbocycles. The molecule has 0 atom stereocenters. The predicted molar refractivity (Wildman–Crippen MR) is 181 cm³/mol. The van der Waals surface area contributed by atoms with Crippen molar-refractivity contribution >= 4 is 53.2 Å². The molecule has 0 bridgehead atoms. The maximum absolute atomic E-state index is 11.4. The molecule has 0 aliphatic carbocycles. The van der Waals surface area contributed by atoms with Gasteiger partial charge in [-0.2, -0.15) is 0 Å². The number of carbonyl (C=O) groups is 9. The Kier molecular flexibility index (Phi) is 22.7. The summed E-state index contributed by atoms with van der Waals surface area (Å²) in [5.74, 6) is -7.40. The van der Waals surface area contributed by atoms with E-state index in [0.717, 1.165) is 25.2 Å². The van der Waals surface area contributed by atoms with Gasteiger partial charge in [0.25, 0.3) is 0 Å². The van der Waals surface area contributed by atoms with Crippen molar-refractivity contribution in [2.45, 2.75) is 145 Å². The number of hydrogen-bond acceptors (Lipinski definition) is 13. The summed E-state index contributed by atoms with van der Waals surface area (Å²) in [5.41, 5.74) is -4.82. The Hall–Kier alpha value is -2.73. The van der Waals surface area contributed by atoms with E-state index in [4.69, 9.17) is 2.81 Å². The monoisotopic (exact) mass is 791 g/mol. The first-order chi connectivity index (χ1) is 21.6. The van der Waals surface area contributed by atoms with Gasteiger partial charge >= 0.3 is 83.7 Å². The molecule has 0 N–H and O–H groups in total. The summed E-state index contributed by atoms with van der Waals surface area (Å²) in [6.07, 6.45) is 0.424. The Labute approximate surface area is 314 Å². The Morgan fingerprint density at radius 3 is 0.580 bits per heavy atom. The van der Waals surface area contributed by atoms with Gasteiger partial charge in [-0.05, 0) is 62.3 Å². The van der Waals surface area contributed by atoms with Crippen LogP contribution in [0.5, 0.6) is 0 Å². The molecule has 287 valence electrons. The van der Waals surface area contributed by atoms with Crippen LogP contribution in [0.3, 0.4) is 0 Å². The van der Waals surface area contributed by atoms with E-state index < -0.39 is 85.7 Å². The zero-order valence-corrected chi connectivity index (χ0v) is 36.3. The van der Waals surface area contributed by atoms with Gasteiger partial charge in [0.15, 0.2) is 0 Å². The number of Topliss-reactive ketones (excluding diaryl/α,β-unsaturated/α-hetero) is 3. The average molecular weight is 793 g/mol. The summed E-state index contributed by atoms with van der Waals surface area (Å²) >= 11 is 1.16. The average Bonchev–Trinajstić information content (AvgIpc) is 2.89. The predicted octanol–water partition coefficient (Wildman–Crippen LogP) is 6.03. The molecule has 14 heteroatoms. The number of esters is 6. The number of carbonyl (C=O) groups excluding carboxylic acids is 9. The standard InChI is InChI=1S/3C11H18O4.C3H7O.Zr/c3*1-10(2,3)7(12)8(13)15-9(14)11(4,5)6;1-3(2)4;/h3*1-6H3;3H,1-2H3;/q;;;-1;+1.